The molecular weight excluding hydrogens is 404 g/mol. The van der Waals surface area contributed by atoms with Crippen molar-refractivity contribution >= 4 is 21.8 Å². The predicted octanol–water partition coefficient (Wildman–Crippen LogP) is 7.04. The Bertz CT molecular complexity index is 1660. The molecule has 0 saturated heterocycles. The largest absolute Gasteiger partial charge is 0.369 e. The molecule has 0 aliphatic carbocycles. The van der Waals surface area contributed by atoms with Crippen molar-refractivity contribution in [1.82, 2.24) is 9.55 Å². The first-order valence-electron chi connectivity index (χ1n) is 11.2. The Balaban J connectivity index is 1.65. The minimum atomic E-state index is -0.808. The Morgan fingerprint density at radius 1 is 0.606 bits per heavy atom. The maximum absolute atomic E-state index is 11.7. The van der Waals surface area contributed by atoms with Gasteiger partial charge in [0, 0.05) is 27.6 Å². The van der Waals surface area contributed by atoms with Gasteiger partial charge in [-0.25, -0.2) is 4.98 Å². The lowest BCUT2D eigenvalue weighted by Gasteiger charge is -2.25. The molecule has 0 bridgehead atoms. The van der Waals surface area contributed by atoms with Crippen LogP contribution in [-0.2, 0) is 0 Å². The fourth-order valence-corrected chi connectivity index (χ4v) is 5.24. The molecule has 6 aromatic rings. The number of aliphatic hydroxyl groups is 1. The number of rotatable bonds is 2. The molecule has 2 heterocycles. The van der Waals surface area contributed by atoms with Gasteiger partial charge in [0.05, 0.1) is 11.0 Å². The normalized spacial score (nSPS) is 14.5. The number of aromatic nitrogens is 2. The Hall–Kier alpha value is -4.21. The molecule has 3 nitrogen and oxygen atoms in total. The SMILES string of the molecule is OC1c2cccc3cccc(c23)-c2nc3c(-c4ccccc4)ccc(-c4ccccc4)c3n21. The van der Waals surface area contributed by atoms with Gasteiger partial charge >= 0.3 is 0 Å². The first kappa shape index (κ1) is 18.4. The molecule has 1 aromatic heterocycles. The van der Waals surface area contributed by atoms with Gasteiger partial charge in [-0.15, -0.1) is 0 Å². The summed E-state index contributed by atoms with van der Waals surface area (Å²) in [5.74, 6) is 0.808. The third-order valence-electron chi connectivity index (χ3n) is 6.71. The van der Waals surface area contributed by atoms with E-state index in [0.29, 0.717) is 0 Å². The van der Waals surface area contributed by atoms with E-state index in [4.69, 9.17) is 4.98 Å². The molecule has 0 amide bonds. The Kier molecular flexibility index (Phi) is 3.84. The number of hydrogen-bond acceptors (Lipinski definition) is 2. The molecule has 1 N–H and O–H groups in total. The summed E-state index contributed by atoms with van der Waals surface area (Å²) < 4.78 is 2.02. The summed E-state index contributed by atoms with van der Waals surface area (Å²) in [6.07, 6.45) is -0.808. The summed E-state index contributed by atoms with van der Waals surface area (Å²) in [4.78, 5) is 5.19. The van der Waals surface area contributed by atoms with E-state index < -0.39 is 6.23 Å². The van der Waals surface area contributed by atoms with E-state index in [1.165, 1.54) is 0 Å². The van der Waals surface area contributed by atoms with Crippen LogP contribution >= 0.6 is 0 Å². The molecule has 0 radical (unpaired) electrons. The predicted molar refractivity (Wildman–Crippen MR) is 134 cm³/mol. The van der Waals surface area contributed by atoms with Gasteiger partial charge in [0.2, 0.25) is 0 Å². The number of hydrogen-bond donors (Lipinski definition) is 1. The molecule has 156 valence electrons. The molecule has 1 atom stereocenters. The second-order valence-corrected chi connectivity index (χ2v) is 8.52. The smallest absolute Gasteiger partial charge is 0.159 e. The monoisotopic (exact) mass is 424 g/mol. The quantitative estimate of drug-likeness (QED) is 0.324. The molecule has 7 rings (SSSR count). The lowest BCUT2D eigenvalue weighted by molar-refractivity contribution is 0.152. The molecule has 1 unspecified atom stereocenters. The second-order valence-electron chi connectivity index (χ2n) is 8.52. The van der Waals surface area contributed by atoms with Crippen LogP contribution in [0.4, 0.5) is 0 Å². The lowest BCUT2D eigenvalue weighted by atomic mass is 9.94. The fourth-order valence-electron chi connectivity index (χ4n) is 5.24. The van der Waals surface area contributed by atoms with Crippen molar-refractivity contribution in [2.24, 2.45) is 0 Å². The maximum Gasteiger partial charge on any atom is 0.159 e. The van der Waals surface area contributed by atoms with Gasteiger partial charge < -0.3 is 5.11 Å². The van der Waals surface area contributed by atoms with Gasteiger partial charge in [-0.05, 0) is 16.5 Å². The highest BCUT2D eigenvalue weighted by molar-refractivity contribution is 6.06. The van der Waals surface area contributed by atoms with Crippen molar-refractivity contribution in [1.29, 1.82) is 0 Å². The molecular formula is C30H20N2O. The summed E-state index contributed by atoms with van der Waals surface area (Å²) in [7, 11) is 0. The average Bonchev–Trinajstić information content (AvgIpc) is 3.29. The van der Waals surface area contributed by atoms with E-state index in [1.807, 2.05) is 53.1 Å². The molecule has 33 heavy (non-hydrogen) atoms. The van der Waals surface area contributed by atoms with Gasteiger partial charge in [-0.2, -0.15) is 0 Å². The van der Waals surface area contributed by atoms with Crippen molar-refractivity contribution in [2.45, 2.75) is 6.23 Å². The molecule has 1 aliphatic rings. The highest BCUT2D eigenvalue weighted by Crippen LogP contribution is 2.45. The summed E-state index contributed by atoms with van der Waals surface area (Å²) in [5.41, 5.74) is 8.18. The third-order valence-corrected chi connectivity index (χ3v) is 6.71. The summed E-state index contributed by atoms with van der Waals surface area (Å²) in [6.45, 7) is 0. The van der Waals surface area contributed by atoms with Crippen LogP contribution in [0.25, 0.3) is 55.4 Å². The summed E-state index contributed by atoms with van der Waals surface area (Å²) in [6, 6.07) is 37.4. The number of imidazole rings is 1. The first-order chi connectivity index (χ1) is 16.3. The van der Waals surface area contributed by atoms with Gasteiger partial charge in [-0.3, -0.25) is 4.57 Å². The van der Waals surface area contributed by atoms with Crippen LogP contribution in [0, 0.1) is 0 Å². The highest BCUT2D eigenvalue weighted by atomic mass is 16.3. The van der Waals surface area contributed by atoms with Crippen LogP contribution in [0.3, 0.4) is 0 Å². The van der Waals surface area contributed by atoms with E-state index in [2.05, 4.69) is 60.7 Å². The van der Waals surface area contributed by atoms with Crippen LogP contribution in [0.15, 0.2) is 109 Å². The lowest BCUT2D eigenvalue weighted by Crippen LogP contribution is -2.16. The van der Waals surface area contributed by atoms with E-state index in [9.17, 15) is 5.11 Å². The molecule has 1 aliphatic heterocycles. The summed E-state index contributed by atoms with van der Waals surface area (Å²) in [5, 5.41) is 13.9. The Morgan fingerprint density at radius 2 is 1.24 bits per heavy atom. The standard InChI is InChI=1S/C30H20N2O/c33-30-25-16-8-14-21-13-7-15-24(26(21)25)29-31-27-22(19-9-3-1-4-10-19)17-18-23(28(27)32(29)30)20-11-5-2-6-12-20/h1-18,30,33H. The first-order valence-corrected chi connectivity index (χ1v) is 11.2. The van der Waals surface area contributed by atoms with Crippen molar-refractivity contribution in [2.75, 3.05) is 0 Å². The van der Waals surface area contributed by atoms with E-state index in [1.54, 1.807) is 0 Å². The van der Waals surface area contributed by atoms with Crippen molar-refractivity contribution < 1.29 is 5.11 Å². The van der Waals surface area contributed by atoms with Crippen molar-refractivity contribution in [3.05, 3.63) is 115 Å². The molecule has 0 saturated carbocycles. The Labute approximate surface area is 191 Å². The zero-order valence-electron chi connectivity index (χ0n) is 17.8. The number of fused-ring (bicyclic) bond motifs is 4. The van der Waals surface area contributed by atoms with Crippen LogP contribution in [0.5, 0.6) is 0 Å². The zero-order valence-corrected chi connectivity index (χ0v) is 17.8. The van der Waals surface area contributed by atoms with E-state index in [0.717, 1.165) is 61.0 Å². The van der Waals surface area contributed by atoms with Crippen LogP contribution in [-0.4, -0.2) is 14.7 Å². The minimum Gasteiger partial charge on any atom is -0.369 e. The minimum absolute atomic E-state index is 0.808. The molecule has 5 aromatic carbocycles. The number of benzene rings is 5. The second kappa shape index (κ2) is 6.89. The van der Waals surface area contributed by atoms with Crippen molar-refractivity contribution in [3.8, 4) is 33.6 Å². The Morgan fingerprint density at radius 3 is 1.97 bits per heavy atom. The van der Waals surface area contributed by atoms with E-state index >= 15 is 0 Å². The van der Waals surface area contributed by atoms with Crippen LogP contribution in [0.2, 0.25) is 0 Å². The summed E-state index contributed by atoms with van der Waals surface area (Å²) >= 11 is 0. The van der Waals surface area contributed by atoms with Gasteiger partial charge in [0.1, 0.15) is 5.82 Å². The van der Waals surface area contributed by atoms with Crippen LogP contribution in [0.1, 0.15) is 11.8 Å². The van der Waals surface area contributed by atoms with Gasteiger partial charge in [0.15, 0.2) is 6.23 Å². The van der Waals surface area contributed by atoms with Gasteiger partial charge in [0.25, 0.3) is 0 Å². The number of aliphatic hydroxyl groups excluding tert-OH is 1. The maximum atomic E-state index is 11.7. The van der Waals surface area contributed by atoms with Gasteiger partial charge in [-0.1, -0.05) is 109 Å². The molecule has 3 heteroatoms. The van der Waals surface area contributed by atoms with Crippen LogP contribution < -0.4 is 0 Å². The number of nitrogens with zero attached hydrogens (tertiary/aromatic N) is 2. The molecule has 0 spiro atoms. The van der Waals surface area contributed by atoms with Crippen molar-refractivity contribution in [3.63, 3.8) is 0 Å². The third kappa shape index (κ3) is 2.57. The average molecular weight is 425 g/mol. The topological polar surface area (TPSA) is 38.1 Å². The molecule has 0 fully saturated rings. The fraction of sp³-hybridized carbons (Fsp3) is 0.0333. The zero-order chi connectivity index (χ0) is 21.9. The van der Waals surface area contributed by atoms with E-state index in [-0.39, 0.29) is 0 Å². The highest BCUT2D eigenvalue weighted by Gasteiger charge is 2.30.